The lowest BCUT2D eigenvalue weighted by Gasteiger charge is -2.22. The minimum Gasteiger partial charge on any atom is -0.452 e. The van der Waals surface area contributed by atoms with Gasteiger partial charge in [-0.25, -0.2) is 9.18 Å². The number of nitrogens with zero attached hydrogens (tertiary/aromatic N) is 1. The summed E-state index contributed by atoms with van der Waals surface area (Å²) >= 11 is 0. The normalized spacial score (nSPS) is 11.7. The standard InChI is InChI=1S/C20H15F7N2O4/c21-14-1-3-15(4-2-14)29(6-5-16(28)30)17(31)10-33-18(32)11-7-12(19(22,23)24)9-13(8-11)20(25,26)27/h1-4,7-9H,5-6,10H2,(H2,28,30). The Morgan fingerprint density at radius 2 is 1.39 bits per heavy atom. The summed E-state index contributed by atoms with van der Waals surface area (Å²) in [6.45, 7) is -1.40. The number of anilines is 1. The molecule has 178 valence electrons. The van der Waals surface area contributed by atoms with E-state index in [2.05, 4.69) is 4.74 Å². The quantitative estimate of drug-likeness (QED) is 0.481. The van der Waals surface area contributed by atoms with Crippen LogP contribution >= 0.6 is 0 Å². The maximum absolute atomic E-state index is 13.1. The number of nitrogens with two attached hydrogens (primary N) is 1. The smallest absolute Gasteiger partial charge is 0.416 e. The lowest BCUT2D eigenvalue weighted by atomic mass is 10.0. The molecule has 0 radical (unpaired) electrons. The van der Waals surface area contributed by atoms with E-state index in [1.807, 2.05) is 0 Å². The number of hydrogen-bond acceptors (Lipinski definition) is 4. The number of carbonyl (C=O) groups is 3. The highest BCUT2D eigenvalue weighted by Gasteiger charge is 2.37. The number of alkyl halides is 6. The first-order chi connectivity index (χ1) is 15.2. The van der Waals surface area contributed by atoms with Crippen molar-refractivity contribution in [1.29, 1.82) is 0 Å². The zero-order chi connectivity index (χ0) is 25.0. The third-order valence-electron chi connectivity index (χ3n) is 4.17. The van der Waals surface area contributed by atoms with E-state index in [1.165, 1.54) is 12.1 Å². The van der Waals surface area contributed by atoms with Crippen LogP contribution in [-0.4, -0.2) is 30.9 Å². The summed E-state index contributed by atoms with van der Waals surface area (Å²) in [5, 5.41) is 0. The van der Waals surface area contributed by atoms with Crippen molar-refractivity contribution in [2.45, 2.75) is 18.8 Å². The Balaban J connectivity index is 2.24. The molecule has 13 heteroatoms. The molecule has 0 fully saturated rings. The van der Waals surface area contributed by atoms with Crippen molar-refractivity contribution >= 4 is 23.5 Å². The topological polar surface area (TPSA) is 89.7 Å². The number of primary amides is 1. The third-order valence-corrected chi connectivity index (χ3v) is 4.17. The van der Waals surface area contributed by atoms with Crippen LogP contribution in [0.3, 0.4) is 0 Å². The number of benzene rings is 2. The summed E-state index contributed by atoms with van der Waals surface area (Å²) in [5.41, 5.74) is 0.578. The van der Waals surface area contributed by atoms with E-state index in [9.17, 15) is 45.1 Å². The Kier molecular flexibility index (Phi) is 7.67. The summed E-state index contributed by atoms with van der Waals surface area (Å²) in [6.07, 6.45) is -10.7. The molecule has 0 spiro atoms. The Morgan fingerprint density at radius 1 is 0.879 bits per heavy atom. The van der Waals surface area contributed by atoms with E-state index in [1.54, 1.807) is 0 Å². The van der Waals surface area contributed by atoms with E-state index >= 15 is 0 Å². The predicted octanol–water partition coefficient (Wildman–Crippen LogP) is 3.93. The summed E-state index contributed by atoms with van der Waals surface area (Å²) in [4.78, 5) is 36.5. The summed E-state index contributed by atoms with van der Waals surface area (Å²) in [5.74, 6) is -4.04. The molecule has 2 amide bonds. The van der Waals surface area contributed by atoms with Gasteiger partial charge in [-0.05, 0) is 42.5 Å². The van der Waals surface area contributed by atoms with Gasteiger partial charge in [-0.1, -0.05) is 0 Å². The first-order valence-electron chi connectivity index (χ1n) is 8.99. The van der Waals surface area contributed by atoms with Gasteiger partial charge in [0.15, 0.2) is 6.61 Å². The van der Waals surface area contributed by atoms with Gasteiger partial charge in [0.1, 0.15) is 5.82 Å². The number of esters is 1. The van der Waals surface area contributed by atoms with Crippen LogP contribution in [0.25, 0.3) is 0 Å². The number of carbonyl (C=O) groups excluding carboxylic acids is 3. The minimum atomic E-state index is -5.18. The van der Waals surface area contributed by atoms with Gasteiger partial charge in [0.05, 0.1) is 16.7 Å². The molecule has 0 aliphatic carbocycles. The monoisotopic (exact) mass is 480 g/mol. The molecule has 33 heavy (non-hydrogen) atoms. The largest absolute Gasteiger partial charge is 0.452 e. The molecule has 0 atom stereocenters. The van der Waals surface area contributed by atoms with Crippen molar-refractivity contribution in [3.05, 3.63) is 65.0 Å². The fourth-order valence-electron chi connectivity index (χ4n) is 2.60. The van der Waals surface area contributed by atoms with Gasteiger partial charge >= 0.3 is 18.3 Å². The average molecular weight is 480 g/mol. The van der Waals surface area contributed by atoms with Gasteiger partial charge < -0.3 is 15.4 Å². The van der Waals surface area contributed by atoms with Crippen molar-refractivity contribution in [3.8, 4) is 0 Å². The number of halogens is 7. The zero-order valence-corrected chi connectivity index (χ0v) is 16.5. The van der Waals surface area contributed by atoms with Crippen LogP contribution in [0.4, 0.5) is 36.4 Å². The lowest BCUT2D eigenvalue weighted by molar-refractivity contribution is -0.143. The zero-order valence-electron chi connectivity index (χ0n) is 16.5. The highest BCUT2D eigenvalue weighted by Crippen LogP contribution is 2.36. The van der Waals surface area contributed by atoms with E-state index < -0.39 is 59.3 Å². The molecule has 6 nitrogen and oxygen atoms in total. The van der Waals surface area contributed by atoms with Crippen LogP contribution in [0.2, 0.25) is 0 Å². The molecule has 0 saturated heterocycles. The van der Waals surface area contributed by atoms with E-state index in [0.717, 1.165) is 17.0 Å². The highest BCUT2D eigenvalue weighted by molar-refractivity contribution is 5.97. The molecule has 0 aromatic heterocycles. The van der Waals surface area contributed by atoms with E-state index in [4.69, 9.17) is 5.73 Å². The van der Waals surface area contributed by atoms with Crippen LogP contribution in [0.15, 0.2) is 42.5 Å². The molecule has 0 saturated carbocycles. The molecule has 2 aromatic carbocycles. The molecule has 0 aliphatic rings. The second-order valence-electron chi connectivity index (χ2n) is 6.61. The van der Waals surface area contributed by atoms with Crippen molar-refractivity contribution in [3.63, 3.8) is 0 Å². The maximum Gasteiger partial charge on any atom is 0.416 e. The van der Waals surface area contributed by atoms with Crippen molar-refractivity contribution in [1.82, 2.24) is 0 Å². The Hall–Kier alpha value is -3.64. The summed E-state index contributed by atoms with van der Waals surface area (Å²) in [7, 11) is 0. The summed E-state index contributed by atoms with van der Waals surface area (Å²) in [6, 6.07) is 4.47. The van der Waals surface area contributed by atoms with Gasteiger partial charge in [-0.15, -0.1) is 0 Å². The SMILES string of the molecule is NC(=O)CCN(C(=O)COC(=O)c1cc(C(F)(F)F)cc(C(F)(F)F)c1)c1ccc(F)cc1. The van der Waals surface area contributed by atoms with Gasteiger partial charge in [0.25, 0.3) is 5.91 Å². The fraction of sp³-hybridized carbons (Fsp3) is 0.250. The molecule has 2 N–H and O–H groups in total. The second kappa shape index (κ2) is 9.88. The molecule has 0 unspecified atom stereocenters. The fourth-order valence-corrected chi connectivity index (χ4v) is 2.60. The van der Waals surface area contributed by atoms with Crippen LogP contribution in [-0.2, 0) is 26.7 Å². The van der Waals surface area contributed by atoms with E-state index in [-0.39, 0.29) is 36.9 Å². The Morgan fingerprint density at radius 3 is 1.85 bits per heavy atom. The van der Waals surface area contributed by atoms with Crippen LogP contribution in [0.5, 0.6) is 0 Å². The minimum absolute atomic E-state index is 0.0807. The van der Waals surface area contributed by atoms with Gasteiger partial charge in [0, 0.05) is 18.7 Å². The summed E-state index contributed by atoms with van der Waals surface area (Å²) < 4.78 is 95.4. The molecule has 0 aliphatic heterocycles. The van der Waals surface area contributed by atoms with Gasteiger partial charge in [-0.2, -0.15) is 26.3 Å². The van der Waals surface area contributed by atoms with Gasteiger partial charge in [-0.3, -0.25) is 9.59 Å². The molecule has 2 aromatic rings. The van der Waals surface area contributed by atoms with Crippen molar-refractivity contribution in [2.75, 3.05) is 18.1 Å². The molecule has 0 bridgehead atoms. The van der Waals surface area contributed by atoms with Crippen LogP contribution in [0, 0.1) is 5.82 Å². The second-order valence-corrected chi connectivity index (χ2v) is 6.61. The molecular weight excluding hydrogens is 465 g/mol. The first-order valence-corrected chi connectivity index (χ1v) is 8.99. The van der Waals surface area contributed by atoms with Crippen molar-refractivity contribution < 1.29 is 49.9 Å². The number of rotatable bonds is 7. The Labute approximate surface area is 181 Å². The number of ether oxygens (including phenoxy) is 1. The molecular formula is C20H15F7N2O4. The molecule has 2 rings (SSSR count). The van der Waals surface area contributed by atoms with Crippen LogP contribution in [0.1, 0.15) is 27.9 Å². The highest BCUT2D eigenvalue weighted by atomic mass is 19.4. The average Bonchev–Trinajstić information content (AvgIpc) is 2.71. The lowest BCUT2D eigenvalue weighted by Crippen LogP contribution is -2.37. The maximum atomic E-state index is 13.1. The van der Waals surface area contributed by atoms with Crippen LogP contribution < -0.4 is 10.6 Å². The number of hydrogen-bond donors (Lipinski definition) is 1. The third kappa shape index (κ3) is 7.19. The molecule has 0 heterocycles. The van der Waals surface area contributed by atoms with E-state index in [0.29, 0.717) is 0 Å². The van der Waals surface area contributed by atoms with Gasteiger partial charge in [0.2, 0.25) is 5.91 Å². The van der Waals surface area contributed by atoms with Crippen molar-refractivity contribution in [2.24, 2.45) is 5.73 Å². The number of amides is 2. The predicted molar refractivity (Wildman–Crippen MR) is 99.3 cm³/mol. The first kappa shape index (κ1) is 25.6. The Bertz CT molecular complexity index is 1000.